The third-order valence-corrected chi connectivity index (χ3v) is 5.26. The third-order valence-electron chi connectivity index (χ3n) is 3.32. The first kappa shape index (κ1) is 17.4. The largest absolute Gasteiger partial charge is 0.493 e. The van der Waals surface area contributed by atoms with Gasteiger partial charge in [0.1, 0.15) is 5.01 Å². The average Bonchev–Trinajstić information content (AvgIpc) is 3.12. The van der Waals surface area contributed by atoms with Crippen LogP contribution in [0.25, 0.3) is 0 Å². The molecule has 3 heterocycles. The Morgan fingerprint density at radius 1 is 1.24 bits per heavy atom. The number of H-pyrrole nitrogens is 1. The van der Waals surface area contributed by atoms with E-state index < -0.39 is 0 Å². The summed E-state index contributed by atoms with van der Waals surface area (Å²) in [5, 5.41) is 15.4. The van der Waals surface area contributed by atoms with Crippen LogP contribution in [-0.2, 0) is 12.2 Å². The lowest BCUT2D eigenvalue weighted by Gasteiger charge is -2.06. The molecular weight excluding hydrogens is 358 g/mol. The highest BCUT2D eigenvalue weighted by Gasteiger charge is 2.05. The fraction of sp³-hybridized carbons (Fsp3) is 0.250. The summed E-state index contributed by atoms with van der Waals surface area (Å²) in [5.74, 6) is 2.21. The Morgan fingerprint density at radius 3 is 2.88 bits per heavy atom. The molecule has 0 aliphatic heterocycles. The van der Waals surface area contributed by atoms with Gasteiger partial charge >= 0.3 is 0 Å². The van der Waals surface area contributed by atoms with Crippen LogP contribution in [-0.4, -0.2) is 37.3 Å². The molecule has 3 aromatic rings. The zero-order valence-electron chi connectivity index (χ0n) is 13.3. The second kappa shape index (κ2) is 8.63. The number of nitrogens with zero attached hydrogens (tertiary/aromatic N) is 3. The number of nitrogens with one attached hydrogen (secondary N) is 2. The summed E-state index contributed by atoms with van der Waals surface area (Å²) in [6, 6.07) is 3.23. The lowest BCUT2D eigenvalue weighted by molar-refractivity contribution is 0.453. The molecule has 0 spiro atoms. The van der Waals surface area contributed by atoms with E-state index in [1.54, 1.807) is 41.6 Å². The molecule has 25 heavy (non-hydrogen) atoms. The number of thiazole rings is 1. The van der Waals surface area contributed by atoms with Crippen LogP contribution in [0, 0.1) is 0 Å². The fourth-order valence-corrected chi connectivity index (χ4v) is 3.67. The van der Waals surface area contributed by atoms with Crippen molar-refractivity contribution in [2.45, 2.75) is 12.2 Å². The zero-order valence-corrected chi connectivity index (χ0v) is 14.9. The molecule has 0 atom stereocenters. The minimum absolute atomic E-state index is 0.0388. The monoisotopic (exact) mass is 375 g/mol. The highest BCUT2D eigenvalue weighted by molar-refractivity contribution is 7.98. The number of anilines is 1. The summed E-state index contributed by atoms with van der Waals surface area (Å²) in [6.45, 7) is 0.709. The van der Waals surface area contributed by atoms with Crippen molar-refractivity contribution in [1.82, 2.24) is 19.9 Å². The Labute approximate surface area is 152 Å². The topological polar surface area (TPSA) is 104 Å². The van der Waals surface area contributed by atoms with Crippen LogP contribution in [0.15, 0.2) is 40.9 Å². The molecule has 0 saturated heterocycles. The minimum atomic E-state index is -0.180. The van der Waals surface area contributed by atoms with Crippen LogP contribution < -0.4 is 10.9 Å². The Bertz CT molecular complexity index is 850. The molecule has 0 aromatic carbocycles. The van der Waals surface area contributed by atoms with Crippen molar-refractivity contribution in [2.75, 3.05) is 17.6 Å². The molecule has 130 valence electrons. The van der Waals surface area contributed by atoms with Crippen molar-refractivity contribution in [3.8, 4) is 5.88 Å². The number of hydrogen-bond donors (Lipinski definition) is 3. The SMILES string of the molecule is O=c1[nH]c(NCCSCc2nccs2)ncc1Cc1ccc(O)nc1. The zero-order chi connectivity index (χ0) is 17.5. The van der Waals surface area contributed by atoms with E-state index in [4.69, 9.17) is 0 Å². The molecule has 0 fully saturated rings. The van der Waals surface area contributed by atoms with Gasteiger partial charge in [0.25, 0.3) is 5.56 Å². The molecule has 0 amide bonds. The molecule has 7 nitrogen and oxygen atoms in total. The van der Waals surface area contributed by atoms with Gasteiger partial charge in [-0.2, -0.15) is 11.8 Å². The van der Waals surface area contributed by atoms with E-state index in [1.165, 1.54) is 6.07 Å². The van der Waals surface area contributed by atoms with Crippen molar-refractivity contribution in [2.24, 2.45) is 0 Å². The molecular formula is C16H17N5O2S2. The van der Waals surface area contributed by atoms with E-state index in [0.717, 1.165) is 22.1 Å². The number of aromatic hydroxyl groups is 1. The van der Waals surface area contributed by atoms with Gasteiger partial charge in [0.15, 0.2) is 0 Å². The number of pyridine rings is 1. The Hall–Kier alpha value is -2.39. The smallest absolute Gasteiger partial charge is 0.255 e. The van der Waals surface area contributed by atoms with Gasteiger partial charge in [-0.25, -0.2) is 15.0 Å². The van der Waals surface area contributed by atoms with Crippen molar-refractivity contribution in [1.29, 1.82) is 0 Å². The van der Waals surface area contributed by atoms with Gasteiger partial charge in [0.2, 0.25) is 11.8 Å². The number of hydrogen-bond acceptors (Lipinski definition) is 8. The summed E-state index contributed by atoms with van der Waals surface area (Å²) >= 11 is 3.43. The first-order chi connectivity index (χ1) is 12.2. The molecule has 0 aliphatic rings. The second-order valence-corrected chi connectivity index (χ2v) is 7.28. The first-order valence-electron chi connectivity index (χ1n) is 7.63. The average molecular weight is 375 g/mol. The highest BCUT2D eigenvalue weighted by Crippen LogP contribution is 2.14. The standard InChI is InChI=1S/C16H17N5O2S2/c22-13-2-1-11(8-19-13)7-12-9-20-16(21-15(12)23)18-3-5-24-10-14-17-4-6-25-14/h1-2,4,6,8-9H,3,5,7,10H2,(H,19,22)(H2,18,20,21,23). The van der Waals surface area contributed by atoms with Crippen molar-refractivity contribution >= 4 is 29.0 Å². The van der Waals surface area contributed by atoms with Gasteiger partial charge in [-0.05, 0) is 5.56 Å². The van der Waals surface area contributed by atoms with E-state index in [-0.39, 0.29) is 11.4 Å². The molecule has 0 bridgehead atoms. The van der Waals surface area contributed by atoms with Crippen LogP contribution in [0.3, 0.4) is 0 Å². The maximum absolute atomic E-state index is 12.1. The van der Waals surface area contributed by atoms with Crippen molar-refractivity contribution < 1.29 is 5.11 Å². The Morgan fingerprint density at radius 2 is 2.16 bits per heavy atom. The van der Waals surface area contributed by atoms with E-state index in [0.29, 0.717) is 24.5 Å². The Balaban J connectivity index is 1.47. The predicted molar refractivity (Wildman–Crippen MR) is 100 cm³/mol. The Kier molecular flexibility index (Phi) is 6.02. The summed E-state index contributed by atoms with van der Waals surface area (Å²) in [7, 11) is 0. The van der Waals surface area contributed by atoms with Gasteiger partial charge in [-0.3, -0.25) is 9.78 Å². The summed E-state index contributed by atoms with van der Waals surface area (Å²) in [5.41, 5.74) is 1.21. The molecule has 0 saturated carbocycles. The quantitative estimate of drug-likeness (QED) is 0.519. The van der Waals surface area contributed by atoms with E-state index >= 15 is 0 Å². The van der Waals surface area contributed by atoms with Crippen LogP contribution in [0.4, 0.5) is 5.95 Å². The normalized spacial score (nSPS) is 10.7. The van der Waals surface area contributed by atoms with E-state index in [2.05, 4.69) is 25.3 Å². The van der Waals surface area contributed by atoms with Gasteiger partial charge in [-0.15, -0.1) is 11.3 Å². The maximum atomic E-state index is 12.1. The number of rotatable bonds is 8. The number of aromatic nitrogens is 4. The van der Waals surface area contributed by atoms with Gasteiger partial charge in [-0.1, -0.05) is 6.07 Å². The number of aromatic amines is 1. The fourth-order valence-electron chi connectivity index (χ4n) is 2.10. The lowest BCUT2D eigenvalue weighted by Crippen LogP contribution is -2.18. The lowest BCUT2D eigenvalue weighted by atomic mass is 10.1. The minimum Gasteiger partial charge on any atom is -0.493 e. The summed E-state index contributed by atoms with van der Waals surface area (Å²) < 4.78 is 0. The van der Waals surface area contributed by atoms with E-state index in [1.807, 2.05) is 11.6 Å². The molecule has 3 aromatic heterocycles. The van der Waals surface area contributed by atoms with Crippen LogP contribution in [0.5, 0.6) is 5.88 Å². The van der Waals surface area contributed by atoms with Crippen molar-refractivity contribution in [3.05, 3.63) is 62.6 Å². The first-order valence-corrected chi connectivity index (χ1v) is 9.66. The van der Waals surface area contributed by atoms with Crippen LogP contribution >= 0.6 is 23.1 Å². The van der Waals surface area contributed by atoms with Crippen LogP contribution in [0.1, 0.15) is 16.1 Å². The van der Waals surface area contributed by atoms with Gasteiger partial charge < -0.3 is 10.4 Å². The van der Waals surface area contributed by atoms with Crippen molar-refractivity contribution in [3.63, 3.8) is 0 Å². The number of thioether (sulfide) groups is 1. The summed E-state index contributed by atoms with van der Waals surface area (Å²) in [4.78, 5) is 27.2. The molecule has 9 heteroatoms. The molecule has 0 unspecified atom stereocenters. The maximum Gasteiger partial charge on any atom is 0.255 e. The van der Waals surface area contributed by atoms with Crippen LogP contribution in [0.2, 0.25) is 0 Å². The predicted octanol–water partition coefficient (Wildman–Crippen LogP) is 2.26. The third kappa shape index (κ3) is 5.30. The second-order valence-electron chi connectivity index (χ2n) is 5.19. The molecule has 0 radical (unpaired) electrons. The molecule has 0 aliphatic carbocycles. The van der Waals surface area contributed by atoms with Gasteiger partial charge in [0.05, 0.1) is 0 Å². The summed E-state index contributed by atoms with van der Waals surface area (Å²) in [6.07, 6.45) is 5.33. The van der Waals surface area contributed by atoms with Gasteiger partial charge in [0, 0.05) is 60.1 Å². The molecule has 3 N–H and O–H groups in total. The molecule has 3 rings (SSSR count). The van der Waals surface area contributed by atoms with E-state index in [9.17, 15) is 9.90 Å². The highest BCUT2D eigenvalue weighted by atomic mass is 32.2.